The first-order valence-corrected chi connectivity index (χ1v) is 10.5. The molecule has 2 saturated heterocycles. The molecular weight excluding hydrogens is 410 g/mol. The molecule has 160 valence electrons. The Labute approximate surface area is 180 Å². The lowest BCUT2D eigenvalue weighted by Gasteiger charge is -2.39. The number of hydrogen-bond donors (Lipinski definition) is 0. The summed E-state index contributed by atoms with van der Waals surface area (Å²) in [4.78, 5) is 16.6. The molecule has 2 aliphatic heterocycles. The highest BCUT2D eigenvalue weighted by Gasteiger charge is 2.45. The Hall–Kier alpha value is -2.02. The summed E-state index contributed by atoms with van der Waals surface area (Å²) in [6.07, 6.45) is 0.834. The zero-order valence-electron chi connectivity index (χ0n) is 16.9. The second-order valence-corrected chi connectivity index (χ2v) is 8.57. The summed E-state index contributed by atoms with van der Waals surface area (Å²) in [5.41, 5.74) is 1.89. The van der Waals surface area contributed by atoms with Crippen molar-refractivity contribution < 1.29 is 18.3 Å². The Bertz CT molecular complexity index is 926. The highest BCUT2D eigenvalue weighted by atomic mass is 35.5. The van der Waals surface area contributed by atoms with Gasteiger partial charge < -0.3 is 9.64 Å². The first-order chi connectivity index (χ1) is 14.5. The van der Waals surface area contributed by atoms with E-state index in [-0.39, 0.29) is 30.4 Å². The van der Waals surface area contributed by atoms with Crippen LogP contribution in [0.2, 0.25) is 5.02 Å². The molecule has 0 N–H and O–H groups in total. The molecule has 30 heavy (non-hydrogen) atoms. The Morgan fingerprint density at radius 3 is 2.73 bits per heavy atom. The number of ether oxygens (including phenoxy) is 1. The topological polar surface area (TPSA) is 32.8 Å². The number of methoxy groups -OCH3 is 1. The molecule has 0 aliphatic carbocycles. The number of rotatable bonds is 5. The fourth-order valence-corrected chi connectivity index (χ4v) is 5.14. The summed E-state index contributed by atoms with van der Waals surface area (Å²) < 4.78 is 32.5. The van der Waals surface area contributed by atoms with Crippen molar-refractivity contribution in [3.8, 4) is 0 Å². The van der Waals surface area contributed by atoms with E-state index in [1.807, 2.05) is 29.2 Å². The summed E-state index contributed by atoms with van der Waals surface area (Å²) in [6.45, 7) is 2.76. The van der Waals surface area contributed by atoms with E-state index in [0.29, 0.717) is 18.1 Å². The summed E-state index contributed by atoms with van der Waals surface area (Å²) in [6, 6.07) is 12.2. The molecular formula is C23H25ClF2N2O2. The molecule has 1 amide bonds. The number of piperidine rings is 1. The van der Waals surface area contributed by atoms with Crippen LogP contribution in [0.3, 0.4) is 0 Å². The SMILES string of the molecule is COCC(=O)N1CC[C@@H]2[C@H](C1)[C@@H](c1ccc(F)c(F)c1)CN2Cc1cccc(Cl)c1. The van der Waals surface area contributed by atoms with Gasteiger partial charge in [0.05, 0.1) is 0 Å². The molecule has 7 heteroatoms. The number of likely N-dealkylation sites (tertiary alicyclic amines) is 2. The number of amides is 1. The van der Waals surface area contributed by atoms with Gasteiger partial charge in [0, 0.05) is 56.2 Å². The van der Waals surface area contributed by atoms with Crippen molar-refractivity contribution in [1.29, 1.82) is 0 Å². The predicted molar refractivity (Wildman–Crippen MR) is 111 cm³/mol. The first-order valence-electron chi connectivity index (χ1n) is 10.2. The number of nitrogens with zero attached hydrogens (tertiary/aromatic N) is 2. The minimum absolute atomic E-state index is 0.0161. The van der Waals surface area contributed by atoms with Gasteiger partial charge in [0.2, 0.25) is 5.91 Å². The molecule has 2 aliphatic rings. The molecule has 0 spiro atoms. The van der Waals surface area contributed by atoms with Crippen molar-refractivity contribution in [2.24, 2.45) is 5.92 Å². The largest absolute Gasteiger partial charge is 0.375 e. The Balaban J connectivity index is 1.60. The maximum Gasteiger partial charge on any atom is 0.248 e. The standard InChI is InChI=1S/C23H25ClF2N2O2/c1-30-14-23(29)27-8-7-22-19(13-27)18(16-5-6-20(25)21(26)10-16)12-28(22)11-15-3-2-4-17(24)9-15/h2-6,9-10,18-19,22H,7-8,11-14H2,1H3/t18-,19-,22-/m1/s1. The molecule has 2 aromatic rings. The number of benzene rings is 2. The van der Waals surface area contributed by atoms with Gasteiger partial charge in [-0.1, -0.05) is 29.8 Å². The van der Waals surface area contributed by atoms with Crippen molar-refractivity contribution in [2.45, 2.75) is 24.9 Å². The van der Waals surface area contributed by atoms with Crippen LogP contribution >= 0.6 is 11.6 Å². The second kappa shape index (κ2) is 9.00. The van der Waals surface area contributed by atoms with Gasteiger partial charge in [-0.15, -0.1) is 0 Å². The second-order valence-electron chi connectivity index (χ2n) is 8.13. The third kappa shape index (κ3) is 4.36. The van der Waals surface area contributed by atoms with E-state index >= 15 is 0 Å². The van der Waals surface area contributed by atoms with Crippen LogP contribution in [-0.4, -0.2) is 55.1 Å². The zero-order valence-corrected chi connectivity index (χ0v) is 17.6. The zero-order chi connectivity index (χ0) is 21.3. The van der Waals surface area contributed by atoms with Crippen molar-refractivity contribution in [3.05, 3.63) is 70.2 Å². The third-order valence-corrected chi connectivity index (χ3v) is 6.54. The van der Waals surface area contributed by atoms with Crippen LogP contribution in [0.15, 0.2) is 42.5 Å². The molecule has 0 saturated carbocycles. The predicted octanol–water partition coefficient (Wildman–Crippen LogP) is 4.08. The summed E-state index contributed by atoms with van der Waals surface area (Å²) in [5, 5.41) is 0.695. The number of carbonyl (C=O) groups excluding carboxylic acids is 1. The average molecular weight is 435 g/mol. The van der Waals surface area contributed by atoms with E-state index in [4.69, 9.17) is 16.3 Å². The van der Waals surface area contributed by atoms with Gasteiger partial charge in [-0.2, -0.15) is 0 Å². The summed E-state index contributed by atoms with van der Waals surface area (Å²) in [5.74, 6) is -1.55. The van der Waals surface area contributed by atoms with Crippen LogP contribution in [0.4, 0.5) is 8.78 Å². The first kappa shape index (κ1) is 21.2. The van der Waals surface area contributed by atoms with E-state index in [1.54, 1.807) is 6.07 Å². The van der Waals surface area contributed by atoms with Gasteiger partial charge in [-0.3, -0.25) is 9.69 Å². The van der Waals surface area contributed by atoms with E-state index in [1.165, 1.54) is 19.2 Å². The van der Waals surface area contributed by atoms with Gasteiger partial charge >= 0.3 is 0 Å². The van der Waals surface area contributed by atoms with Gasteiger partial charge in [-0.05, 0) is 41.8 Å². The average Bonchev–Trinajstić information content (AvgIpc) is 3.08. The minimum Gasteiger partial charge on any atom is -0.375 e. The van der Waals surface area contributed by atoms with Crippen LogP contribution < -0.4 is 0 Å². The third-order valence-electron chi connectivity index (χ3n) is 6.30. The number of halogens is 3. The molecule has 3 atom stereocenters. The minimum atomic E-state index is -0.843. The lowest BCUT2D eigenvalue weighted by molar-refractivity contribution is -0.137. The molecule has 2 aromatic carbocycles. The van der Waals surface area contributed by atoms with E-state index < -0.39 is 11.6 Å². The summed E-state index contributed by atoms with van der Waals surface area (Å²) >= 11 is 6.16. The normalized spacial score (nSPS) is 24.1. The van der Waals surface area contributed by atoms with Gasteiger partial charge in [0.15, 0.2) is 11.6 Å². The van der Waals surface area contributed by atoms with Crippen LogP contribution in [0.25, 0.3) is 0 Å². The van der Waals surface area contributed by atoms with Crippen LogP contribution in [0.1, 0.15) is 23.5 Å². The Morgan fingerprint density at radius 1 is 1.17 bits per heavy atom. The maximum atomic E-state index is 14.0. The van der Waals surface area contributed by atoms with Crippen molar-refractivity contribution >= 4 is 17.5 Å². The lowest BCUT2D eigenvalue weighted by Crippen LogP contribution is -2.49. The number of hydrogen-bond acceptors (Lipinski definition) is 3. The number of fused-ring (bicyclic) bond motifs is 1. The van der Waals surface area contributed by atoms with Crippen molar-refractivity contribution in [3.63, 3.8) is 0 Å². The monoisotopic (exact) mass is 434 g/mol. The lowest BCUT2D eigenvalue weighted by atomic mass is 9.81. The number of carbonyl (C=O) groups is 1. The highest BCUT2D eigenvalue weighted by Crippen LogP contribution is 2.42. The molecule has 0 unspecified atom stereocenters. The van der Waals surface area contributed by atoms with Crippen molar-refractivity contribution in [2.75, 3.05) is 33.4 Å². The van der Waals surface area contributed by atoms with Crippen LogP contribution in [-0.2, 0) is 16.1 Å². The molecule has 0 bridgehead atoms. The van der Waals surface area contributed by atoms with Crippen LogP contribution in [0, 0.1) is 17.6 Å². The van der Waals surface area contributed by atoms with Crippen LogP contribution in [0.5, 0.6) is 0 Å². The molecule has 4 rings (SSSR count). The fraction of sp³-hybridized carbons (Fsp3) is 0.435. The molecule has 0 radical (unpaired) electrons. The smallest absolute Gasteiger partial charge is 0.248 e. The molecule has 2 heterocycles. The molecule has 4 nitrogen and oxygen atoms in total. The molecule has 2 fully saturated rings. The fourth-order valence-electron chi connectivity index (χ4n) is 4.93. The van der Waals surface area contributed by atoms with Gasteiger partial charge in [0.25, 0.3) is 0 Å². The van der Waals surface area contributed by atoms with Gasteiger partial charge in [-0.25, -0.2) is 8.78 Å². The Morgan fingerprint density at radius 2 is 2.00 bits per heavy atom. The van der Waals surface area contributed by atoms with E-state index in [2.05, 4.69) is 4.90 Å². The van der Waals surface area contributed by atoms with E-state index in [9.17, 15) is 13.6 Å². The Kier molecular flexibility index (Phi) is 6.37. The molecule has 0 aromatic heterocycles. The maximum absolute atomic E-state index is 14.0. The van der Waals surface area contributed by atoms with Gasteiger partial charge in [0.1, 0.15) is 6.61 Å². The van der Waals surface area contributed by atoms with E-state index in [0.717, 1.165) is 30.6 Å². The van der Waals surface area contributed by atoms with Crippen molar-refractivity contribution in [1.82, 2.24) is 9.80 Å². The summed E-state index contributed by atoms with van der Waals surface area (Å²) in [7, 11) is 1.51. The quantitative estimate of drug-likeness (QED) is 0.710. The highest BCUT2D eigenvalue weighted by molar-refractivity contribution is 6.30.